The zero-order valence-electron chi connectivity index (χ0n) is 14.5. The fourth-order valence-electron chi connectivity index (χ4n) is 3.55. The van der Waals surface area contributed by atoms with Crippen molar-refractivity contribution in [3.8, 4) is 28.7 Å². The van der Waals surface area contributed by atoms with Gasteiger partial charge in [0.05, 0.1) is 5.69 Å². The summed E-state index contributed by atoms with van der Waals surface area (Å²) in [4.78, 5) is 4.84. The molecule has 1 aliphatic heterocycles. The maximum absolute atomic E-state index is 5.50. The molecular formula is C20H13N5O2S. The van der Waals surface area contributed by atoms with Gasteiger partial charge in [-0.25, -0.2) is 4.98 Å². The molecule has 6 rings (SSSR count). The van der Waals surface area contributed by atoms with Gasteiger partial charge >= 0.3 is 0 Å². The number of aromatic nitrogens is 5. The Bertz CT molecular complexity index is 1430. The Labute approximate surface area is 163 Å². The Morgan fingerprint density at radius 3 is 2.89 bits per heavy atom. The molecule has 0 bridgehead atoms. The minimum atomic E-state index is 0.224. The van der Waals surface area contributed by atoms with Crippen LogP contribution < -0.4 is 9.47 Å². The maximum atomic E-state index is 5.50. The molecule has 8 heteroatoms. The molecule has 0 saturated carbocycles. The van der Waals surface area contributed by atoms with Gasteiger partial charge in [-0.1, -0.05) is 24.3 Å². The van der Waals surface area contributed by atoms with Gasteiger partial charge in [-0.15, -0.1) is 0 Å². The Morgan fingerprint density at radius 1 is 1.04 bits per heavy atom. The lowest BCUT2D eigenvalue weighted by Crippen LogP contribution is -1.98. The van der Waals surface area contributed by atoms with Crippen molar-refractivity contribution in [3.05, 3.63) is 65.7 Å². The molecule has 0 unspecified atom stereocenters. The summed E-state index contributed by atoms with van der Waals surface area (Å²) < 4.78 is 15.2. The van der Waals surface area contributed by atoms with Crippen LogP contribution in [0.3, 0.4) is 0 Å². The predicted molar refractivity (Wildman–Crippen MR) is 107 cm³/mol. The number of pyridine rings is 1. The van der Waals surface area contributed by atoms with E-state index in [9.17, 15) is 0 Å². The molecule has 5 aromatic rings. The van der Waals surface area contributed by atoms with Crippen LogP contribution in [0.15, 0.2) is 60.9 Å². The van der Waals surface area contributed by atoms with Gasteiger partial charge < -0.3 is 13.9 Å². The van der Waals surface area contributed by atoms with Crippen molar-refractivity contribution in [2.45, 2.75) is 0 Å². The normalized spacial score (nSPS) is 12.9. The fourth-order valence-corrected chi connectivity index (χ4v) is 3.79. The SMILES string of the molecule is S=c1[nH]nc(-c2cn3ccc4ccccc4c3n2)n1-c1ccc2c(c1)OCO2. The molecule has 1 aliphatic rings. The van der Waals surface area contributed by atoms with Crippen LogP contribution in [0, 0.1) is 4.77 Å². The average Bonchev–Trinajstić information content (AvgIpc) is 3.44. The molecule has 2 aromatic carbocycles. The fraction of sp³-hybridized carbons (Fsp3) is 0.0500. The molecule has 0 atom stereocenters. The number of ether oxygens (including phenoxy) is 2. The second kappa shape index (κ2) is 5.67. The van der Waals surface area contributed by atoms with E-state index in [2.05, 4.69) is 28.4 Å². The van der Waals surface area contributed by atoms with Crippen LogP contribution in [0.2, 0.25) is 0 Å². The summed E-state index contributed by atoms with van der Waals surface area (Å²) in [6.45, 7) is 0.224. The highest BCUT2D eigenvalue weighted by Crippen LogP contribution is 2.35. The van der Waals surface area contributed by atoms with Crippen LogP contribution in [-0.2, 0) is 0 Å². The Balaban J connectivity index is 1.57. The molecule has 0 aliphatic carbocycles. The van der Waals surface area contributed by atoms with Crippen molar-refractivity contribution in [2.24, 2.45) is 0 Å². The molecule has 4 heterocycles. The summed E-state index contributed by atoms with van der Waals surface area (Å²) in [6, 6.07) is 15.9. The highest BCUT2D eigenvalue weighted by Gasteiger charge is 2.19. The zero-order valence-corrected chi connectivity index (χ0v) is 15.3. The molecule has 28 heavy (non-hydrogen) atoms. The van der Waals surface area contributed by atoms with Gasteiger partial charge in [0.15, 0.2) is 22.1 Å². The van der Waals surface area contributed by atoms with E-state index < -0.39 is 0 Å². The minimum Gasteiger partial charge on any atom is -0.454 e. The zero-order chi connectivity index (χ0) is 18.7. The molecule has 7 nitrogen and oxygen atoms in total. The van der Waals surface area contributed by atoms with Gasteiger partial charge in [-0.2, -0.15) is 5.10 Å². The van der Waals surface area contributed by atoms with Crippen LogP contribution in [0.4, 0.5) is 0 Å². The first-order valence-corrected chi connectivity index (χ1v) is 9.13. The second-order valence-electron chi connectivity index (χ2n) is 6.49. The lowest BCUT2D eigenvalue weighted by atomic mass is 10.2. The number of fused-ring (bicyclic) bond motifs is 4. The Hall–Kier alpha value is -3.65. The maximum Gasteiger partial charge on any atom is 0.231 e. The number of nitrogens with one attached hydrogen (secondary N) is 1. The van der Waals surface area contributed by atoms with Crippen molar-refractivity contribution in [1.82, 2.24) is 24.1 Å². The van der Waals surface area contributed by atoms with Gasteiger partial charge in [0.1, 0.15) is 11.3 Å². The van der Waals surface area contributed by atoms with E-state index >= 15 is 0 Å². The molecule has 0 radical (unpaired) electrons. The Morgan fingerprint density at radius 2 is 1.93 bits per heavy atom. The van der Waals surface area contributed by atoms with E-state index in [1.165, 1.54) is 0 Å². The van der Waals surface area contributed by atoms with Crippen molar-refractivity contribution in [1.29, 1.82) is 0 Å². The quantitative estimate of drug-likeness (QED) is 0.461. The predicted octanol–water partition coefficient (Wildman–Crippen LogP) is 4.13. The van der Waals surface area contributed by atoms with Gasteiger partial charge in [-0.05, 0) is 35.8 Å². The van der Waals surface area contributed by atoms with E-state index in [0.29, 0.717) is 16.3 Å². The van der Waals surface area contributed by atoms with Crippen LogP contribution >= 0.6 is 12.2 Å². The van der Waals surface area contributed by atoms with Crippen molar-refractivity contribution in [3.63, 3.8) is 0 Å². The van der Waals surface area contributed by atoms with Gasteiger partial charge in [-0.3, -0.25) is 9.67 Å². The summed E-state index contributed by atoms with van der Waals surface area (Å²) in [6.07, 6.45) is 3.95. The first-order valence-electron chi connectivity index (χ1n) is 8.72. The number of nitrogens with zero attached hydrogens (tertiary/aromatic N) is 4. The smallest absolute Gasteiger partial charge is 0.231 e. The first-order chi connectivity index (χ1) is 13.8. The third-order valence-electron chi connectivity index (χ3n) is 4.86. The van der Waals surface area contributed by atoms with Crippen LogP contribution in [0.25, 0.3) is 33.6 Å². The van der Waals surface area contributed by atoms with Crippen molar-refractivity contribution >= 4 is 28.6 Å². The molecule has 1 N–H and O–H groups in total. The minimum absolute atomic E-state index is 0.224. The third-order valence-corrected chi connectivity index (χ3v) is 5.14. The summed E-state index contributed by atoms with van der Waals surface area (Å²) >= 11 is 5.48. The number of hydrogen-bond donors (Lipinski definition) is 1. The monoisotopic (exact) mass is 387 g/mol. The molecule has 0 saturated heterocycles. The topological polar surface area (TPSA) is 69.4 Å². The van der Waals surface area contributed by atoms with E-state index in [4.69, 9.17) is 26.7 Å². The van der Waals surface area contributed by atoms with Crippen LogP contribution in [-0.4, -0.2) is 30.9 Å². The highest BCUT2D eigenvalue weighted by molar-refractivity contribution is 7.71. The largest absolute Gasteiger partial charge is 0.454 e. The number of benzene rings is 2. The standard InChI is InChI=1S/C20H13N5O2S/c28-20-23-22-19(25(20)13-5-6-16-17(9-13)27-11-26-16)15-10-24-8-7-12-3-1-2-4-14(12)18(24)21-15/h1-10H,11H2,(H,23,28). The molecular weight excluding hydrogens is 374 g/mol. The highest BCUT2D eigenvalue weighted by atomic mass is 32.1. The van der Waals surface area contributed by atoms with Gasteiger partial charge in [0.25, 0.3) is 0 Å². The molecule has 0 amide bonds. The van der Waals surface area contributed by atoms with Gasteiger partial charge in [0.2, 0.25) is 6.79 Å². The van der Waals surface area contributed by atoms with Crippen LogP contribution in [0.5, 0.6) is 11.5 Å². The molecule has 3 aromatic heterocycles. The molecule has 136 valence electrons. The second-order valence-corrected chi connectivity index (χ2v) is 6.87. The Kier molecular flexibility index (Phi) is 3.12. The van der Waals surface area contributed by atoms with Crippen LogP contribution in [0.1, 0.15) is 0 Å². The van der Waals surface area contributed by atoms with E-state index in [0.717, 1.165) is 33.6 Å². The van der Waals surface area contributed by atoms with Crippen molar-refractivity contribution in [2.75, 3.05) is 6.79 Å². The lowest BCUT2D eigenvalue weighted by molar-refractivity contribution is 0.174. The third kappa shape index (κ3) is 2.18. The molecule has 0 fully saturated rings. The molecule has 0 spiro atoms. The van der Waals surface area contributed by atoms with Crippen molar-refractivity contribution < 1.29 is 9.47 Å². The number of imidazole rings is 1. The number of rotatable bonds is 2. The number of hydrogen-bond acceptors (Lipinski definition) is 5. The lowest BCUT2D eigenvalue weighted by Gasteiger charge is -2.06. The van der Waals surface area contributed by atoms with E-state index in [1.54, 1.807) is 0 Å². The summed E-state index contributed by atoms with van der Waals surface area (Å²) in [5.41, 5.74) is 2.43. The van der Waals surface area contributed by atoms with E-state index in [1.807, 2.05) is 51.7 Å². The average molecular weight is 387 g/mol. The summed E-state index contributed by atoms with van der Waals surface area (Å²) in [7, 11) is 0. The summed E-state index contributed by atoms with van der Waals surface area (Å²) in [5.74, 6) is 2.05. The summed E-state index contributed by atoms with van der Waals surface area (Å²) in [5, 5.41) is 9.53. The van der Waals surface area contributed by atoms with Gasteiger partial charge in [0, 0.05) is 23.8 Å². The first kappa shape index (κ1) is 15.4. The number of H-pyrrole nitrogens is 1. The van der Waals surface area contributed by atoms with E-state index in [-0.39, 0.29) is 6.79 Å². The number of aromatic amines is 1.